The van der Waals surface area contributed by atoms with Crippen molar-refractivity contribution in [3.05, 3.63) is 29.3 Å². The molecule has 0 amide bonds. The maximum atomic E-state index is 9.58. The topological polar surface area (TPSA) is 32.7 Å². The van der Waals surface area contributed by atoms with E-state index in [1.165, 1.54) is 30.5 Å². The Morgan fingerprint density at radius 2 is 2.35 bits per heavy atom. The fraction of sp³-hybridized carbons (Fsp3) is 0.647. The zero-order valence-electron chi connectivity index (χ0n) is 12.3. The highest BCUT2D eigenvalue weighted by Crippen LogP contribution is 2.27. The molecule has 2 unspecified atom stereocenters. The minimum Gasteiger partial charge on any atom is -0.493 e. The molecule has 0 bridgehead atoms. The number of hydrogen-bond acceptors (Lipinski definition) is 3. The maximum Gasteiger partial charge on any atom is 0.122 e. The van der Waals surface area contributed by atoms with E-state index in [1.807, 2.05) is 6.92 Å². The molecular weight excluding hydrogens is 250 g/mol. The second-order valence-electron chi connectivity index (χ2n) is 6.21. The quantitative estimate of drug-likeness (QED) is 0.895. The minimum absolute atomic E-state index is 0.183. The maximum absolute atomic E-state index is 9.58. The normalized spacial score (nSPS) is 23.6. The fourth-order valence-electron chi connectivity index (χ4n) is 3.52. The third-order valence-corrected chi connectivity index (χ3v) is 4.55. The molecular formula is C17H25NO2. The lowest BCUT2D eigenvalue weighted by molar-refractivity contribution is 0.134. The third kappa shape index (κ3) is 3.15. The van der Waals surface area contributed by atoms with Crippen molar-refractivity contribution in [1.29, 1.82) is 0 Å². The second kappa shape index (κ2) is 6.15. The van der Waals surface area contributed by atoms with Gasteiger partial charge in [0.05, 0.1) is 12.7 Å². The van der Waals surface area contributed by atoms with Gasteiger partial charge in [-0.05, 0) is 56.3 Å². The van der Waals surface area contributed by atoms with E-state index in [-0.39, 0.29) is 6.10 Å². The predicted octanol–water partition coefficient (Wildman–Crippen LogP) is 2.40. The lowest BCUT2D eigenvalue weighted by Crippen LogP contribution is -2.33. The lowest BCUT2D eigenvalue weighted by Gasteiger charge is -2.25. The van der Waals surface area contributed by atoms with Gasteiger partial charge in [-0.25, -0.2) is 0 Å². The SMILES string of the molecule is CC(O)CC1CCCN1CCc1ccc2c(c1)CCO2. The Morgan fingerprint density at radius 1 is 1.45 bits per heavy atom. The largest absolute Gasteiger partial charge is 0.493 e. The molecule has 2 aliphatic heterocycles. The van der Waals surface area contributed by atoms with Crippen molar-refractivity contribution >= 4 is 0 Å². The third-order valence-electron chi connectivity index (χ3n) is 4.55. The van der Waals surface area contributed by atoms with Crippen molar-refractivity contribution in [2.45, 2.75) is 51.2 Å². The summed E-state index contributed by atoms with van der Waals surface area (Å²) < 4.78 is 5.55. The van der Waals surface area contributed by atoms with Crippen molar-refractivity contribution in [2.75, 3.05) is 19.7 Å². The number of rotatable bonds is 5. The van der Waals surface area contributed by atoms with E-state index in [0.717, 1.165) is 38.2 Å². The first-order chi connectivity index (χ1) is 9.72. The highest BCUT2D eigenvalue weighted by molar-refractivity contribution is 5.39. The Balaban J connectivity index is 1.56. The molecule has 1 aromatic carbocycles. The molecule has 0 saturated carbocycles. The molecule has 3 heteroatoms. The molecule has 2 aliphatic rings. The molecule has 1 saturated heterocycles. The van der Waals surface area contributed by atoms with Crippen LogP contribution in [0.4, 0.5) is 0 Å². The molecule has 0 spiro atoms. The summed E-state index contributed by atoms with van der Waals surface area (Å²) in [6.45, 7) is 5.03. The Morgan fingerprint density at radius 3 is 3.20 bits per heavy atom. The number of likely N-dealkylation sites (tertiary alicyclic amines) is 1. The minimum atomic E-state index is -0.183. The predicted molar refractivity (Wildman–Crippen MR) is 80.2 cm³/mol. The van der Waals surface area contributed by atoms with E-state index < -0.39 is 0 Å². The van der Waals surface area contributed by atoms with Gasteiger partial charge in [-0.15, -0.1) is 0 Å². The van der Waals surface area contributed by atoms with Crippen molar-refractivity contribution in [3.8, 4) is 5.75 Å². The number of benzene rings is 1. The first kappa shape index (κ1) is 13.9. The molecule has 0 radical (unpaired) electrons. The zero-order chi connectivity index (χ0) is 13.9. The van der Waals surface area contributed by atoms with Crippen LogP contribution >= 0.6 is 0 Å². The van der Waals surface area contributed by atoms with Gasteiger partial charge in [0.15, 0.2) is 0 Å². The molecule has 0 aromatic heterocycles. The van der Waals surface area contributed by atoms with Gasteiger partial charge in [-0.2, -0.15) is 0 Å². The van der Waals surface area contributed by atoms with Gasteiger partial charge >= 0.3 is 0 Å². The molecule has 110 valence electrons. The van der Waals surface area contributed by atoms with Gasteiger partial charge in [0.2, 0.25) is 0 Å². The molecule has 1 N–H and O–H groups in total. The summed E-state index contributed by atoms with van der Waals surface area (Å²) in [6, 6.07) is 7.20. The Hall–Kier alpha value is -1.06. The highest BCUT2D eigenvalue weighted by Gasteiger charge is 2.25. The summed E-state index contributed by atoms with van der Waals surface area (Å²) in [5.41, 5.74) is 2.78. The number of nitrogens with zero attached hydrogens (tertiary/aromatic N) is 1. The van der Waals surface area contributed by atoms with Gasteiger partial charge in [0, 0.05) is 19.0 Å². The molecule has 3 rings (SSSR count). The monoisotopic (exact) mass is 275 g/mol. The Labute approximate surface area is 121 Å². The van der Waals surface area contributed by atoms with Crippen molar-refractivity contribution < 1.29 is 9.84 Å². The number of hydrogen-bond donors (Lipinski definition) is 1. The summed E-state index contributed by atoms with van der Waals surface area (Å²) in [4.78, 5) is 2.55. The van der Waals surface area contributed by atoms with Gasteiger partial charge in [0.25, 0.3) is 0 Å². The van der Waals surface area contributed by atoms with Gasteiger partial charge < -0.3 is 9.84 Å². The number of aliphatic hydroxyl groups is 1. The van der Waals surface area contributed by atoms with Crippen LogP contribution in [0.5, 0.6) is 5.75 Å². The van der Waals surface area contributed by atoms with Crippen LogP contribution in [0.15, 0.2) is 18.2 Å². The summed E-state index contributed by atoms with van der Waals surface area (Å²) in [7, 11) is 0. The number of fused-ring (bicyclic) bond motifs is 1. The second-order valence-corrected chi connectivity index (χ2v) is 6.21. The number of aliphatic hydroxyl groups excluding tert-OH is 1. The average Bonchev–Trinajstić information content (AvgIpc) is 3.03. The lowest BCUT2D eigenvalue weighted by atomic mass is 10.0. The summed E-state index contributed by atoms with van der Waals surface area (Å²) >= 11 is 0. The Kier molecular flexibility index (Phi) is 4.27. The highest BCUT2D eigenvalue weighted by atomic mass is 16.5. The molecule has 2 heterocycles. The van der Waals surface area contributed by atoms with Crippen LogP contribution in [0.25, 0.3) is 0 Å². The fourth-order valence-corrected chi connectivity index (χ4v) is 3.52. The Bertz CT molecular complexity index is 458. The van der Waals surface area contributed by atoms with Gasteiger partial charge in [-0.3, -0.25) is 4.90 Å². The summed E-state index contributed by atoms with van der Waals surface area (Å²) in [6.07, 6.45) is 5.40. The van der Waals surface area contributed by atoms with Gasteiger partial charge in [0.1, 0.15) is 5.75 Å². The van der Waals surface area contributed by atoms with Crippen molar-refractivity contribution in [1.82, 2.24) is 4.90 Å². The van der Waals surface area contributed by atoms with E-state index in [1.54, 1.807) is 0 Å². The van der Waals surface area contributed by atoms with E-state index in [0.29, 0.717) is 6.04 Å². The first-order valence-corrected chi connectivity index (χ1v) is 7.89. The van der Waals surface area contributed by atoms with Crippen LogP contribution in [0.1, 0.15) is 37.3 Å². The number of ether oxygens (including phenoxy) is 1. The van der Waals surface area contributed by atoms with Crippen molar-refractivity contribution in [3.63, 3.8) is 0 Å². The molecule has 2 atom stereocenters. The standard InChI is InChI=1S/C17H25NO2/c1-13(19)11-16-3-2-8-18(16)9-6-14-4-5-17-15(12-14)7-10-20-17/h4-5,12-13,16,19H,2-3,6-11H2,1H3. The molecule has 3 nitrogen and oxygen atoms in total. The van der Waals surface area contributed by atoms with Crippen molar-refractivity contribution in [2.24, 2.45) is 0 Å². The van der Waals surface area contributed by atoms with Crippen LogP contribution in [0.2, 0.25) is 0 Å². The summed E-state index contributed by atoms with van der Waals surface area (Å²) in [5, 5.41) is 9.58. The van der Waals surface area contributed by atoms with Crippen LogP contribution in [-0.4, -0.2) is 41.8 Å². The van der Waals surface area contributed by atoms with Crippen LogP contribution in [0, 0.1) is 0 Å². The molecule has 1 aromatic rings. The van der Waals surface area contributed by atoms with Gasteiger partial charge in [-0.1, -0.05) is 12.1 Å². The van der Waals surface area contributed by atoms with E-state index >= 15 is 0 Å². The molecule has 0 aliphatic carbocycles. The molecule has 20 heavy (non-hydrogen) atoms. The van der Waals surface area contributed by atoms with Crippen LogP contribution in [0.3, 0.4) is 0 Å². The smallest absolute Gasteiger partial charge is 0.122 e. The first-order valence-electron chi connectivity index (χ1n) is 7.89. The van der Waals surface area contributed by atoms with E-state index in [4.69, 9.17) is 4.74 Å². The average molecular weight is 275 g/mol. The zero-order valence-corrected chi connectivity index (χ0v) is 12.3. The van der Waals surface area contributed by atoms with E-state index in [2.05, 4.69) is 23.1 Å². The van der Waals surface area contributed by atoms with Crippen LogP contribution < -0.4 is 4.74 Å². The van der Waals surface area contributed by atoms with E-state index in [9.17, 15) is 5.11 Å². The van der Waals surface area contributed by atoms with Crippen LogP contribution in [-0.2, 0) is 12.8 Å². The molecule has 1 fully saturated rings. The summed E-state index contributed by atoms with van der Waals surface area (Å²) in [5.74, 6) is 1.07.